The van der Waals surface area contributed by atoms with E-state index in [1.807, 2.05) is 25.1 Å². The molecule has 2 N–H and O–H groups in total. The smallest absolute Gasteiger partial charge is 0.254 e. The molecule has 2 aromatic carbocycles. The van der Waals surface area contributed by atoms with Crippen molar-refractivity contribution in [3.8, 4) is 0 Å². The van der Waals surface area contributed by atoms with Gasteiger partial charge in [-0.15, -0.1) is 0 Å². The molecule has 0 bridgehead atoms. The Morgan fingerprint density at radius 1 is 1.09 bits per heavy atom. The maximum absolute atomic E-state index is 13.4. The van der Waals surface area contributed by atoms with Gasteiger partial charge in [0.05, 0.1) is 5.56 Å². The Morgan fingerprint density at radius 3 is 2.57 bits per heavy atom. The number of hydrogen-bond donors (Lipinski definition) is 2. The Balaban J connectivity index is 1.82. The van der Waals surface area contributed by atoms with E-state index in [2.05, 4.69) is 10.6 Å². The molecule has 0 spiro atoms. The van der Waals surface area contributed by atoms with Crippen molar-refractivity contribution in [2.75, 3.05) is 11.9 Å². The summed E-state index contributed by atoms with van der Waals surface area (Å²) in [6, 6.07) is 10.0. The first-order valence-electron chi connectivity index (χ1n) is 7.05. The quantitative estimate of drug-likeness (QED) is 0.890. The maximum atomic E-state index is 13.4. The first-order valence-corrected chi connectivity index (χ1v) is 7.05. The van der Waals surface area contributed by atoms with E-state index in [1.54, 1.807) is 6.07 Å². The molecular formula is C17H16F2N2O2. The van der Waals surface area contributed by atoms with Crippen molar-refractivity contribution in [1.82, 2.24) is 5.32 Å². The summed E-state index contributed by atoms with van der Waals surface area (Å²) < 4.78 is 26.2. The van der Waals surface area contributed by atoms with Crippen LogP contribution < -0.4 is 10.6 Å². The standard InChI is InChI=1S/C17H16F2N2O2/c1-11-3-2-4-13(9-11)21-16(22)7-8-20-17(23)14-6-5-12(18)10-15(14)19/h2-6,9-10H,7-8H2,1H3,(H,20,23)(H,21,22). The second-order valence-electron chi connectivity index (χ2n) is 5.05. The molecule has 0 aliphatic rings. The summed E-state index contributed by atoms with van der Waals surface area (Å²) in [5.74, 6) is -2.65. The summed E-state index contributed by atoms with van der Waals surface area (Å²) in [6.45, 7) is 1.96. The number of halogens is 2. The predicted octanol–water partition coefficient (Wildman–Crippen LogP) is 3.03. The third-order valence-electron chi connectivity index (χ3n) is 3.12. The minimum atomic E-state index is -0.938. The lowest BCUT2D eigenvalue weighted by atomic mass is 10.2. The summed E-state index contributed by atoms with van der Waals surface area (Å²) in [7, 11) is 0. The largest absolute Gasteiger partial charge is 0.351 e. The minimum absolute atomic E-state index is 0.0441. The van der Waals surface area contributed by atoms with E-state index in [9.17, 15) is 18.4 Å². The Labute approximate surface area is 132 Å². The number of rotatable bonds is 5. The summed E-state index contributed by atoms with van der Waals surface area (Å²) in [5, 5.41) is 5.13. The van der Waals surface area contributed by atoms with Crippen LogP contribution in [0.25, 0.3) is 0 Å². The molecule has 0 fully saturated rings. The Hall–Kier alpha value is -2.76. The van der Waals surface area contributed by atoms with Crippen molar-refractivity contribution < 1.29 is 18.4 Å². The summed E-state index contributed by atoms with van der Waals surface area (Å²) in [4.78, 5) is 23.5. The summed E-state index contributed by atoms with van der Waals surface area (Å²) >= 11 is 0. The monoisotopic (exact) mass is 318 g/mol. The predicted molar refractivity (Wildman–Crippen MR) is 83.1 cm³/mol. The Morgan fingerprint density at radius 2 is 1.87 bits per heavy atom. The minimum Gasteiger partial charge on any atom is -0.351 e. The molecule has 0 saturated heterocycles. The molecule has 0 atom stereocenters. The van der Waals surface area contributed by atoms with E-state index in [0.29, 0.717) is 11.8 Å². The molecule has 23 heavy (non-hydrogen) atoms. The summed E-state index contributed by atoms with van der Waals surface area (Å²) in [5.41, 5.74) is 1.43. The fourth-order valence-electron chi connectivity index (χ4n) is 2.00. The second kappa shape index (κ2) is 7.49. The topological polar surface area (TPSA) is 58.2 Å². The van der Waals surface area contributed by atoms with Gasteiger partial charge < -0.3 is 10.6 Å². The van der Waals surface area contributed by atoms with Crippen LogP contribution in [0, 0.1) is 18.6 Å². The van der Waals surface area contributed by atoms with E-state index >= 15 is 0 Å². The molecule has 6 heteroatoms. The van der Waals surface area contributed by atoms with Crippen LogP contribution in [0.3, 0.4) is 0 Å². The molecule has 0 aromatic heterocycles. The van der Waals surface area contributed by atoms with Gasteiger partial charge in [0.2, 0.25) is 5.91 Å². The fourth-order valence-corrected chi connectivity index (χ4v) is 2.00. The maximum Gasteiger partial charge on any atom is 0.254 e. The van der Waals surface area contributed by atoms with Crippen molar-refractivity contribution in [3.63, 3.8) is 0 Å². The summed E-state index contributed by atoms with van der Waals surface area (Å²) in [6.07, 6.45) is 0.0441. The van der Waals surface area contributed by atoms with E-state index in [-0.39, 0.29) is 24.4 Å². The zero-order valence-corrected chi connectivity index (χ0v) is 12.5. The van der Waals surface area contributed by atoms with Crippen LogP contribution in [0.1, 0.15) is 22.3 Å². The highest BCUT2D eigenvalue weighted by molar-refractivity contribution is 5.95. The highest BCUT2D eigenvalue weighted by Gasteiger charge is 2.12. The van der Waals surface area contributed by atoms with Crippen LogP contribution in [-0.2, 0) is 4.79 Å². The number of benzene rings is 2. The lowest BCUT2D eigenvalue weighted by molar-refractivity contribution is -0.116. The normalized spacial score (nSPS) is 10.2. The molecule has 0 aliphatic heterocycles. The van der Waals surface area contributed by atoms with E-state index < -0.39 is 17.5 Å². The van der Waals surface area contributed by atoms with Gasteiger partial charge in [-0.2, -0.15) is 0 Å². The zero-order valence-electron chi connectivity index (χ0n) is 12.5. The van der Waals surface area contributed by atoms with E-state index in [1.165, 1.54) is 0 Å². The SMILES string of the molecule is Cc1cccc(NC(=O)CCNC(=O)c2ccc(F)cc2F)c1. The lowest BCUT2D eigenvalue weighted by Gasteiger charge is -2.08. The van der Waals surface area contributed by atoms with Crippen LogP contribution in [-0.4, -0.2) is 18.4 Å². The first-order chi connectivity index (χ1) is 11.0. The van der Waals surface area contributed by atoms with Gasteiger partial charge in [0, 0.05) is 24.7 Å². The molecule has 120 valence electrons. The van der Waals surface area contributed by atoms with Crippen LogP contribution in [0.4, 0.5) is 14.5 Å². The second-order valence-corrected chi connectivity index (χ2v) is 5.05. The van der Waals surface area contributed by atoms with Gasteiger partial charge in [-0.05, 0) is 36.8 Å². The number of hydrogen-bond acceptors (Lipinski definition) is 2. The van der Waals surface area contributed by atoms with Gasteiger partial charge in [0.15, 0.2) is 0 Å². The van der Waals surface area contributed by atoms with Crippen molar-refractivity contribution in [3.05, 3.63) is 65.2 Å². The van der Waals surface area contributed by atoms with Gasteiger partial charge in [0.1, 0.15) is 11.6 Å². The third-order valence-corrected chi connectivity index (χ3v) is 3.12. The van der Waals surface area contributed by atoms with Gasteiger partial charge in [-0.1, -0.05) is 12.1 Å². The van der Waals surface area contributed by atoms with Crippen molar-refractivity contribution in [2.45, 2.75) is 13.3 Å². The fraction of sp³-hybridized carbons (Fsp3) is 0.176. The molecule has 0 saturated carbocycles. The molecular weight excluding hydrogens is 302 g/mol. The zero-order chi connectivity index (χ0) is 16.8. The molecule has 0 heterocycles. The molecule has 2 aromatic rings. The molecule has 2 amide bonds. The van der Waals surface area contributed by atoms with Crippen molar-refractivity contribution >= 4 is 17.5 Å². The molecule has 4 nitrogen and oxygen atoms in total. The number of aryl methyl sites for hydroxylation is 1. The van der Waals surface area contributed by atoms with Gasteiger partial charge >= 0.3 is 0 Å². The number of nitrogens with one attached hydrogen (secondary N) is 2. The van der Waals surface area contributed by atoms with Crippen LogP contribution >= 0.6 is 0 Å². The number of carbonyl (C=O) groups is 2. The van der Waals surface area contributed by atoms with Gasteiger partial charge in [-0.3, -0.25) is 9.59 Å². The average molecular weight is 318 g/mol. The molecule has 0 radical (unpaired) electrons. The van der Waals surface area contributed by atoms with Crippen molar-refractivity contribution in [1.29, 1.82) is 0 Å². The van der Waals surface area contributed by atoms with E-state index in [0.717, 1.165) is 17.7 Å². The van der Waals surface area contributed by atoms with Crippen LogP contribution in [0.15, 0.2) is 42.5 Å². The molecule has 0 unspecified atom stereocenters. The van der Waals surface area contributed by atoms with Crippen LogP contribution in [0.2, 0.25) is 0 Å². The Kier molecular flexibility index (Phi) is 5.41. The molecule has 0 aliphatic carbocycles. The molecule has 2 rings (SSSR count). The Bertz CT molecular complexity index is 732. The van der Waals surface area contributed by atoms with Gasteiger partial charge in [-0.25, -0.2) is 8.78 Å². The third kappa shape index (κ3) is 4.88. The lowest BCUT2D eigenvalue weighted by Crippen LogP contribution is -2.28. The average Bonchev–Trinajstić information content (AvgIpc) is 2.47. The van der Waals surface area contributed by atoms with Crippen LogP contribution in [0.5, 0.6) is 0 Å². The van der Waals surface area contributed by atoms with E-state index in [4.69, 9.17) is 0 Å². The number of amides is 2. The number of anilines is 1. The highest BCUT2D eigenvalue weighted by atomic mass is 19.1. The first kappa shape index (κ1) is 16.6. The highest BCUT2D eigenvalue weighted by Crippen LogP contribution is 2.10. The van der Waals surface area contributed by atoms with Gasteiger partial charge in [0.25, 0.3) is 5.91 Å². The number of carbonyl (C=O) groups excluding carboxylic acids is 2. The van der Waals surface area contributed by atoms with Crippen molar-refractivity contribution in [2.24, 2.45) is 0 Å².